The average molecular weight is 378 g/mol. The summed E-state index contributed by atoms with van der Waals surface area (Å²) in [7, 11) is 0. The van der Waals surface area contributed by atoms with E-state index in [0.29, 0.717) is 44.0 Å². The van der Waals surface area contributed by atoms with Gasteiger partial charge in [-0.3, -0.25) is 9.78 Å². The molecule has 1 aliphatic rings. The van der Waals surface area contributed by atoms with Gasteiger partial charge in [0.05, 0.1) is 5.56 Å². The van der Waals surface area contributed by atoms with Gasteiger partial charge in [0.15, 0.2) is 0 Å². The number of benzene rings is 1. The van der Waals surface area contributed by atoms with E-state index in [1.807, 2.05) is 4.90 Å². The van der Waals surface area contributed by atoms with Crippen LogP contribution in [0, 0.1) is 0 Å². The highest BCUT2D eigenvalue weighted by molar-refractivity contribution is 5.92. The van der Waals surface area contributed by atoms with Crippen molar-refractivity contribution in [3.8, 4) is 0 Å². The van der Waals surface area contributed by atoms with Crippen LogP contribution >= 0.6 is 0 Å². The van der Waals surface area contributed by atoms with Gasteiger partial charge in [-0.05, 0) is 36.8 Å². The molecular formula is C19H21F3N4O. The lowest BCUT2D eigenvalue weighted by atomic mass is 10.1. The van der Waals surface area contributed by atoms with Crippen LogP contribution in [-0.2, 0) is 6.18 Å². The molecule has 8 heteroatoms. The van der Waals surface area contributed by atoms with Crippen molar-refractivity contribution in [1.82, 2.24) is 15.6 Å². The van der Waals surface area contributed by atoms with Crippen LogP contribution in [0.5, 0.6) is 0 Å². The predicted molar refractivity (Wildman–Crippen MR) is 96.6 cm³/mol. The largest absolute Gasteiger partial charge is 0.416 e. The number of carbonyl (C=O) groups excluding carboxylic acids is 1. The first-order valence-electron chi connectivity index (χ1n) is 8.78. The summed E-state index contributed by atoms with van der Waals surface area (Å²) in [5.74, 6) is -0.235. The Morgan fingerprint density at radius 3 is 2.85 bits per heavy atom. The number of amides is 1. The molecule has 144 valence electrons. The highest BCUT2D eigenvalue weighted by Crippen LogP contribution is 2.31. The summed E-state index contributed by atoms with van der Waals surface area (Å²) < 4.78 is 38.8. The van der Waals surface area contributed by atoms with Crippen molar-refractivity contribution in [2.45, 2.75) is 18.6 Å². The van der Waals surface area contributed by atoms with E-state index in [0.717, 1.165) is 6.07 Å². The maximum absolute atomic E-state index is 12.9. The number of alkyl halides is 3. The molecule has 1 atom stereocenters. The molecule has 0 radical (unpaired) electrons. The summed E-state index contributed by atoms with van der Waals surface area (Å²) in [6.07, 6.45) is -2.11. The SMILES string of the molecule is O=C(NCCC1CN(c2cccc(C(F)(F)F)c2)CCN1)c1ccccn1. The van der Waals surface area contributed by atoms with Crippen LogP contribution in [0.4, 0.5) is 18.9 Å². The number of hydrogen-bond acceptors (Lipinski definition) is 4. The van der Waals surface area contributed by atoms with Crippen LogP contribution in [0.15, 0.2) is 48.7 Å². The summed E-state index contributed by atoms with van der Waals surface area (Å²) >= 11 is 0. The summed E-state index contributed by atoms with van der Waals surface area (Å²) in [5.41, 5.74) is 0.284. The Morgan fingerprint density at radius 2 is 2.11 bits per heavy atom. The zero-order valence-corrected chi connectivity index (χ0v) is 14.7. The maximum Gasteiger partial charge on any atom is 0.416 e. The molecule has 5 nitrogen and oxygen atoms in total. The second kappa shape index (κ2) is 8.39. The fraction of sp³-hybridized carbons (Fsp3) is 0.368. The number of aromatic nitrogens is 1. The lowest BCUT2D eigenvalue weighted by molar-refractivity contribution is -0.137. The fourth-order valence-electron chi connectivity index (χ4n) is 3.08. The first-order chi connectivity index (χ1) is 12.9. The highest BCUT2D eigenvalue weighted by atomic mass is 19.4. The van der Waals surface area contributed by atoms with Crippen molar-refractivity contribution < 1.29 is 18.0 Å². The van der Waals surface area contributed by atoms with Gasteiger partial charge in [0.1, 0.15) is 5.69 Å². The quantitative estimate of drug-likeness (QED) is 0.840. The minimum Gasteiger partial charge on any atom is -0.369 e. The van der Waals surface area contributed by atoms with E-state index in [9.17, 15) is 18.0 Å². The molecule has 2 aromatic rings. The van der Waals surface area contributed by atoms with E-state index >= 15 is 0 Å². The monoisotopic (exact) mass is 378 g/mol. The van der Waals surface area contributed by atoms with Crippen molar-refractivity contribution in [1.29, 1.82) is 0 Å². The molecule has 1 aromatic carbocycles. The number of nitrogens with zero attached hydrogens (tertiary/aromatic N) is 2. The number of carbonyl (C=O) groups is 1. The first kappa shape index (κ1) is 19.2. The topological polar surface area (TPSA) is 57.3 Å². The third kappa shape index (κ3) is 5.19. The van der Waals surface area contributed by atoms with E-state index in [2.05, 4.69) is 15.6 Å². The molecule has 0 saturated carbocycles. The Morgan fingerprint density at radius 1 is 1.26 bits per heavy atom. The van der Waals surface area contributed by atoms with Gasteiger partial charge in [0, 0.05) is 44.1 Å². The van der Waals surface area contributed by atoms with Crippen LogP contribution in [0.25, 0.3) is 0 Å². The van der Waals surface area contributed by atoms with Gasteiger partial charge in [-0.25, -0.2) is 0 Å². The smallest absolute Gasteiger partial charge is 0.369 e. The number of piperazine rings is 1. The molecule has 27 heavy (non-hydrogen) atoms. The van der Waals surface area contributed by atoms with E-state index in [4.69, 9.17) is 0 Å². The van der Waals surface area contributed by atoms with Gasteiger partial charge in [-0.15, -0.1) is 0 Å². The van der Waals surface area contributed by atoms with Crippen LogP contribution in [0.2, 0.25) is 0 Å². The molecule has 2 N–H and O–H groups in total. The molecule has 0 aliphatic carbocycles. The molecule has 2 heterocycles. The van der Waals surface area contributed by atoms with Gasteiger partial charge in [0.2, 0.25) is 0 Å². The highest BCUT2D eigenvalue weighted by Gasteiger charge is 2.31. The standard InChI is InChI=1S/C19H21F3N4O/c20-19(21,22)14-4-3-5-16(12-14)26-11-10-23-15(13-26)7-9-25-18(27)17-6-1-2-8-24-17/h1-6,8,12,15,23H,7,9-11,13H2,(H,25,27). The Bertz CT molecular complexity index is 767. The zero-order valence-electron chi connectivity index (χ0n) is 14.7. The van der Waals surface area contributed by atoms with Crippen molar-refractivity contribution in [2.24, 2.45) is 0 Å². The van der Waals surface area contributed by atoms with Gasteiger partial charge in [-0.1, -0.05) is 12.1 Å². The van der Waals surface area contributed by atoms with E-state index in [1.54, 1.807) is 30.5 Å². The van der Waals surface area contributed by atoms with E-state index in [1.165, 1.54) is 12.1 Å². The van der Waals surface area contributed by atoms with Crippen molar-refractivity contribution in [2.75, 3.05) is 31.1 Å². The van der Waals surface area contributed by atoms with Gasteiger partial charge in [-0.2, -0.15) is 13.2 Å². The lowest BCUT2D eigenvalue weighted by Crippen LogP contribution is -2.51. The number of pyridine rings is 1. The minimum absolute atomic E-state index is 0.0809. The van der Waals surface area contributed by atoms with E-state index in [-0.39, 0.29) is 11.9 Å². The van der Waals surface area contributed by atoms with Gasteiger partial charge in [0.25, 0.3) is 5.91 Å². The van der Waals surface area contributed by atoms with Crippen LogP contribution in [-0.4, -0.2) is 43.1 Å². The number of halogens is 3. The molecule has 1 unspecified atom stereocenters. The molecule has 1 fully saturated rings. The molecular weight excluding hydrogens is 357 g/mol. The third-order valence-corrected chi connectivity index (χ3v) is 4.47. The summed E-state index contributed by atoms with van der Waals surface area (Å²) in [5, 5.41) is 6.17. The minimum atomic E-state index is -4.35. The Kier molecular flexibility index (Phi) is 5.95. The molecule has 1 aliphatic heterocycles. The Hall–Kier alpha value is -2.61. The molecule has 0 spiro atoms. The number of rotatable bonds is 5. The van der Waals surface area contributed by atoms with Crippen molar-refractivity contribution in [3.63, 3.8) is 0 Å². The summed E-state index contributed by atoms with van der Waals surface area (Å²) in [4.78, 5) is 17.9. The van der Waals surface area contributed by atoms with Gasteiger partial charge >= 0.3 is 6.18 Å². The molecule has 1 saturated heterocycles. The first-order valence-corrected chi connectivity index (χ1v) is 8.78. The average Bonchev–Trinajstić information content (AvgIpc) is 2.68. The van der Waals surface area contributed by atoms with Crippen LogP contribution in [0.3, 0.4) is 0 Å². The summed E-state index contributed by atoms with van der Waals surface area (Å²) in [6.45, 7) is 2.36. The van der Waals surface area contributed by atoms with Crippen molar-refractivity contribution >= 4 is 11.6 Å². The fourth-order valence-corrected chi connectivity index (χ4v) is 3.08. The Labute approximate surface area is 155 Å². The third-order valence-electron chi connectivity index (χ3n) is 4.47. The summed E-state index contributed by atoms with van der Waals surface area (Å²) in [6, 6.07) is 10.6. The van der Waals surface area contributed by atoms with Crippen LogP contribution in [0.1, 0.15) is 22.5 Å². The second-order valence-electron chi connectivity index (χ2n) is 6.40. The molecule has 1 amide bonds. The maximum atomic E-state index is 12.9. The van der Waals surface area contributed by atoms with Crippen molar-refractivity contribution in [3.05, 3.63) is 59.9 Å². The molecule has 1 aromatic heterocycles. The molecule has 0 bridgehead atoms. The normalized spacial score (nSPS) is 17.6. The zero-order chi connectivity index (χ0) is 19.3. The Balaban J connectivity index is 1.53. The van der Waals surface area contributed by atoms with Crippen LogP contribution < -0.4 is 15.5 Å². The van der Waals surface area contributed by atoms with E-state index < -0.39 is 11.7 Å². The molecule has 3 rings (SSSR count). The number of nitrogens with one attached hydrogen (secondary N) is 2. The second-order valence-corrected chi connectivity index (χ2v) is 6.40. The number of anilines is 1. The lowest BCUT2D eigenvalue weighted by Gasteiger charge is -2.35. The number of hydrogen-bond donors (Lipinski definition) is 2. The predicted octanol–water partition coefficient (Wildman–Crippen LogP) is 2.70. The van der Waals surface area contributed by atoms with Gasteiger partial charge < -0.3 is 15.5 Å².